The third-order valence-electron chi connectivity index (χ3n) is 3.89. The fraction of sp³-hybridized carbons (Fsp3) is 0.412. The predicted molar refractivity (Wildman–Crippen MR) is 87.5 cm³/mol. The quantitative estimate of drug-likeness (QED) is 0.871. The molecule has 140 valence electrons. The van der Waals surface area contributed by atoms with Gasteiger partial charge in [-0.25, -0.2) is 9.78 Å². The van der Waals surface area contributed by atoms with Gasteiger partial charge in [0, 0.05) is 11.3 Å². The Labute approximate surface area is 147 Å². The molecule has 0 bridgehead atoms. The lowest BCUT2D eigenvalue weighted by Gasteiger charge is -2.43. The average molecular weight is 369 g/mol. The summed E-state index contributed by atoms with van der Waals surface area (Å²) in [5.74, 6) is 0.436. The van der Waals surface area contributed by atoms with Gasteiger partial charge < -0.3 is 19.4 Å². The third kappa shape index (κ3) is 4.16. The van der Waals surface area contributed by atoms with E-state index in [4.69, 9.17) is 9.15 Å². The molecule has 0 spiro atoms. The molecule has 1 aliphatic rings. The topological polar surface area (TPSA) is 67.6 Å². The largest absolute Gasteiger partial charge is 0.445 e. The first-order valence-corrected chi connectivity index (χ1v) is 7.94. The van der Waals surface area contributed by atoms with Gasteiger partial charge in [-0.1, -0.05) is 0 Å². The molecule has 6 nitrogen and oxygen atoms in total. The number of hydrogen-bond acceptors (Lipinski definition) is 4. The van der Waals surface area contributed by atoms with Gasteiger partial charge in [-0.05, 0) is 38.1 Å². The molecule has 1 saturated heterocycles. The lowest BCUT2D eigenvalue weighted by Crippen LogP contribution is -2.59. The molecular weight excluding hydrogens is 351 g/mol. The van der Waals surface area contributed by atoms with E-state index in [1.54, 1.807) is 24.3 Å². The maximum absolute atomic E-state index is 13.0. The lowest BCUT2D eigenvalue weighted by molar-refractivity contribution is -0.267. The number of nitrogens with zero attached hydrogens (tertiary/aromatic N) is 2. The van der Waals surface area contributed by atoms with E-state index >= 15 is 0 Å². The van der Waals surface area contributed by atoms with E-state index in [9.17, 15) is 18.0 Å². The summed E-state index contributed by atoms with van der Waals surface area (Å²) in [6.07, 6.45) is -3.58. The molecule has 9 heteroatoms. The summed E-state index contributed by atoms with van der Waals surface area (Å²) in [5, 5.41) is 2.61. The molecule has 0 saturated carbocycles. The predicted octanol–water partition coefficient (Wildman–Crippen LogP) is 3.92. The van der Waals surface area contributed by atoms with Gasteiger partial charge in [0.25, 0.3) is 0 Å². The van der Waals surface area contributed by atoms with Gasteiger partial charge in [-0.2, -0.15) is 13.2 Å². The van der Waals surface area contributed by atoms with Crippen LogP contribution in [0.15, 0.2) is 41.1 Å². The fourth-order valence-electron chi connectivity index (χ4n) is 2.77. The van der Waals surface area contributed by atoms with Crippen LogP contribution < -0.4 is 5.32 Å². The van der Waals surface area contributed by atoms with Crippen molar-refractivity contribution in [1.29, 1.82) is 0 Å². The van der Waals surface area contributed by atoms with E-state index in [-0.39, 0.29) is 6.54 Å². The van der Waals surface area contributed by atoms with Crippen LogP contribution in [0.25, 0.3) is 11.5 Å². The van der Waals surface area contributed by atoms with Crippen LogP contribution in [-0.4, -0.2) is 46.9 Å². The molecule has 0 unspecified atom stereocenters. The number of hydrogen-bond donors (Lipinski definition) is 1. The van der Waals surface area contributed by atoms with Crippen molar-refractivity contribution in [3.63, 3.8) is 0 Å². The van der Waals surface area contributed by atoms with Crippen LogP contribution in [0.5, 0.6) is 0 Å². The number of alkyl halides is 3. The second-order valence-electron chi connectivity index (χ2n) is 6.63. The van der Waals surface area contributed by atoms with Crippen LogP contribution in [0.3, 0.4) is 0 Å². The number of amides is 2. The molecule has 1 aromatic carbocycles. The molecular formula is C17H18F3N3O3. The zero-order valence-corrected chi connectivity index (χ0v) is 14.2. The molecule has 26 heavy (non-hydrogen) atoms. The Morgan fingerprint density at radius 3 is 2.58 bits per heavy atom. The van der Waals surface area contributed by atoms with Crippen LogP contribution in [0.1, 0.15) is 13.8 Å². The smallest absolute Gasteiger partial charge is 0.416 e. The highest BCUT2D eigenvalue weighted by atomic mass is 19.4. The van der Waals surface area contributed by atoms with Crippen LogP contribution in [-0.2, 0) is 4.74 Å². The lowest BCUT2D eigenvalue weighted by atomic mass is 10.1. The average Bonchev–Trinajstić information content (AvgIpc) is 3.07. The molecule has 1 fully saturated rings. The monoisotopic (exact) mass is 369 g/mol. The Kier molecular flexibility index (Phi) is 4.66. The standard InChI is InChI=1S/C17H18F3N3O3/c1-16(2)10-23(9-13(26-16)17(18,19)20)15(24)22-12-5-3-11(4-6-12)14-21-7-8-25-14/h3-8,13H,9-10H2,1-2H3,(H,22,24)/t13-/m1/s1. The Hall–Kier alpha value is -2.55. The van der Waals surface area contributed by atoms with Crippen LogP contribution in [0, 0.1) is 0 Å². The maximum atomic E-state index is 13.0. The number of aromatic nitrogens is 1. The van der Waals surface area contributed by atoms with Gasteiger partial charge in [0.05, 0.1) is 24.9 Å². The first-order chi connectivity index (χ1) is 12.1. The summed E-state index contributed by atoms with van der Waals surface area (Å²) in [6, 6.07) is 6.04. The van der Waals surface area contributed by atoms with Crippen LogP contribution in [0.2, 0.25) is 0 Å². The highest BCUT2D eigenvalue weighted by molar-refractivity contribution is 5.89. The number of benzene rings is 1. The number of ether oxygens (including phenoxy) is 1. The molecule has 2 heterocycles. The van der Waals surface area contributed by atoms with Crippen molar-refractivity contribution in [2.24, 2.45) is 0 Å². The fourth-order valence-corrected chi connectivity index (χ4v) is 2.77. The maximum Gasteiger partial charge on any atom is 0.416 e. The number of nitrogens with one attached hydrogen (secondary N) is 1. The van der Waals surface area contributed by atoms with Gasteiger partial charge in [0.2, 0.25) is 5.89 Å². The second-order valence-corrected chi connectivity index (χ2v) is 6.63. The van der Waals surface area contributed by atoms with E-state index in [0.717, 1.165) is 10.5 Å². The normalized spacial score (nSPS) is 20.0. The summed E-state index contributed by atoms with van der Waals surface area (Å²) in [7, 11) is 0. The number of carbonyl (C=O) groups excluding carboxylic acids is 1. The molecule has 0 radical (unpaired) electrons. The van der Waals surface area contributed by atoms with Crippen molar-refractivity contribution in [2.75, 3.05) is 18.4 Å². The van der Waals surface area contributed by atoms with Crippen molar-refractivity contribution < 1.29 is 27.1 Å². The zero-order chi connectivity index (χ0) is 18.9. The summed E-state index contributed by atoms with van der Waals surface area (Å²) in [5.41, 5.74) is 0.0840. The third-order valence-corrected chi connectivity index (χ3v) is 3.89. The Morgan fingerprint density at radius 2 is 2.00 bits per heavy atom. The van der Waals surface area contributed by atoms with Gasteiger partial charge in [0.1, 0.15) is 6.26 Å². The number of anilines is 1. The minimum absolute atomic E-state index is 0.0554. The van der Waals surface area contributed by atoms with Gasteiger partial charge in [-0.3, -0.25) is 0 Å². The minimum Gasteiger partial charge on any atom is -0.445 e. The molecule has 1 aliphatic heterocycles. The zero-order valence-electron chi connectivity index (χ0n) is 14.2. The van der Waals surface area contributed by atoms with Gasteiger partial charge in [0.15, 0.2) is 6.10 Å². The van der Waals surface area contributed by atoms with Crippen molar-refractivity contribution in [3.8, 4) is 11.5 Å². The summed E-state index contributed by atoms with van der Waals surface area (Å²) < 4.78 is 49.3. The first kappa shape index (κ1) is 18.2. The van der Waals surface area contributed by atoms with Crippen LogP contribution in [0.4, 0.5) is 23.7 Å². The molecule has 2 amide bonds. The number of morpholine rings is 1. The Morgan fingerprint density at radius 1 is 1.31 bits per heavy atom. The van der Waals surface area contributed by atoms with E-state index in [2.05, 4.69) is 10.3 Å². The van der Waals surface area contributed by atoms with Crippen LogP contribution >= 0.6 is 0 Å². The van der Waals surface area contributed by atoms with Crippen molar-refractivity contribution >= 4 is 11.7 Å². The number of urea groups is 1. The van der Waals surface area contributed by atoms with E-state index in [1.807, 2.05) is 0 Å². The molecule has 3 rings (SSSR count). The van der Waals surface area contributed by atoms with Crippen molar-refractivity contribution in [3.05, 3.63) is 36.7 Å². The molecule has 0 aliphatic carbocycles. The van der Waals surface area contributed by atoms with Gasteiger partial charge in [-0.15, -0.1) is 0 Å². The molecule has 1 aromatic heterocycles. The van der Waals surface area contributed by atoms with Gasteiger partial charge >= 0.3 is 12.2 Å². The van der Waals surface area contributed by atoms with Crippen molar-refractivity contribution in [2.45, 2.75) is 31.7 Å². The van der Waals surface area contributed by atoms with E-state index in [1.165, 1.54) is 26.3 Å². The minimum atomic E-state index is -4.53. The number of carbonyl (C=O) groups is 1. The summed E-state index contributed by atoms with van der Waals surface area (Å²) >= 11 is 0. The second kappa shape index (κ2) is 6.64. The molecule has 1 N–H and O–H groups in total. The molecule has 1 atom stereocenters. The van der Waals surface area contributed by atoms with E-state index in [0.29, 0.717) is 11.6 Å². The summed E-state index contributed by atoms with van der Waals surface area (Å²) in [4.78, 5) is 17.5. The van der Waals surface area contributed by atoms with E-state index < -0.39 is 30.5 Å². The number of rotatable bonds is 2. The Balaban J connectivity index is 1.69. The Bertz CT molecular complexity index is 758. The number of oxazole rings is 1. The molecule has 2 aromatic rings. The summed E-state index contributed by atoms with van der Waals surface area (Å²) in [6.45, 7) is 2.56. The van der Waals surface area contributed by atoms with Crippen molar-refractivity contribution in [1.82, 2.24) is 9.88 Å². The highest BCUT2D eigenvalue weighted by Gasteiger charge is 2.49. The number of halogens is 3. The highest BCUT2D eigenvalue weighted by Crippen LogP contribution is 2.32. The SMILES string of the molecule is CC1(C)CN(C(=O)Nc2ccc(-c3ncco3)cc2)C[C@H](C(F)(F)F)O1. The first-order valence-electron chi connectivity index (χ1n) is 7.94.